The Kier molecular flexibility index (Phi) is 6.42. The molecule has 16 heavy (non-hydrogen) atoms. The Balaban J connectivity index is 4.00. The largest absolute Gasteiger partial charge is 0.405 e. The van der Waals surface area contributed by atoms with Crippen LogP contribution in [0.1, 0.15) is 33.6 Å². The highest BCUT2D eigenvalue weighted by Gasteiger charge is 2.39. The second kappa shape index (κ2) is 6.74. The lowest BCUT2D eigenvalue weighted by atomic mass is 10.00. The number of alkyl halides is 3. The molecule has 3 unspecified atom stereocenters. The van der Waals surface area contributed by atoms with Crippen molar-refractivity contribution in [2.24, 2.45) is 11.8 Å². The highest BCUT2D eigenvalue weighted by atomic mass is 19.4. The number of hydrogen-bond acceptors (Lipinski definition) is 2. The number of nitrogens with one attached hydrogen (secondary N) is 1. The van der Waals surface area contributed by atoms with Gasteiger partial charge in [-0.15, -0.1) is 0 Å². The molecular formula is C11H19F3N2. The topological polar surface area (TPSA) is 35.8 Å². The summed E-state index contributed by atoms with van der Waals surface area (Å²) in [6.07, 6.45) is -2.60. The molecule has 0 aromatic rings. The van der Waals surface area contributed by atoms with Gasteiger partial charge in [0.15, 0.2) is 5.92 Å². The van der Waals surface area contributed by atoms with Crippen molar-refractivity contribution in [1.82, 2.24) is 5.32 Å². The van der Waals surface area contributed by atoms with Crippen molar-refractivity contribution in [2.75, 3.05) is 6.54 Å². The number of hydrogen-bond donors (Lipinski definition) is 1. The maximum atomic E-state index is 12.2. The van der Waals surface area contributed by atoms with E-state index in [1.807, 2.05) is 13.8 Å². The molecule has 0 aromatic heterocycles. The van der Waals surface area contributed by atoms with Gasteiger partial charge in [-0.2, -0.15) is 18.4 Å². The van der Waals surface area contributed by atoms with Gasteiger partial charge < -0.3 is 5.32 Å². The lowest BCUT2D eigenvalue weighted by Crippen LogP contribution is -2.37. The third kappa shape index (κ3) is 5.96. The second-order valence-electron chi connectivity index (χ2n) is 4.28. The molecule has 0 bridgehead atoms. The molecule has 0 amide bonds. The molecule has 0 aliphatic carbocycles. The Labute approximate surface area is 94.8 Å². The lowest BCUT2D eigenvalue weighted by Gasteiger charge is -2.20. The van der Waals surface area contributed by atoms with Crippen molar-refractivity contribution in [3.05, 3.63) is 0 Å². The minimum Gasteiger partial charge on any atom is -0.313 e. The van der Waals surface area contributed by atoms with E-state index >= 15 is 0 Å². The summed E-state index contributed by atoms with van der Waals surface area (Å²) >= 11 is 0. The summed E-state index contributed by atoms with van der Waals surface area (Å²) in [5, 5.41) is 11.2. The maximum Gasteiger partial charge on any atom is 0.405 e. The summed E-state index contributed by atoms with van der Waals surface area (Å²) < 4.78 is 36.7. The van der Waals surface area contributed by atoms with Gasteiger partial charge in [-0.05, 0) is 19.3 Å². The van der Waals surface area contributed by atoms with Crippen LogP contribution >= 0.6 is 0 Å². The first-order valence-corrected chi connectivity index (χ1v) is 5.50. The average Bonchev–Trinajstić information content (AvgIpc) is 2.16. The zero-order valence-corrected chi connectivity index (χ0v) is 9.93. The molecule has 5 heteroatoms. The minimum absolute atomic E-state index is 0.00755. The normalized spacial score (nSPS) is 17.6. The zero-order chi connectivity index (χ0) is 12.8. The zero-order valence-electron chi connectivity index (χ0n) is 9.93. The SMILES string of the molecule is CCC(C)CC(C)NCC(C#N)C(F)(F)F. The molecule has 0 aliphatic rings. The van der Waals surface area contributed by atoms with Crippen molar-refractivity contribution >= 4 is 0 Å². The number of nitrogens with zero attached hydrogens (tertiary/aromatic N) is 1. The van der Waals surface area contributed by atoms with E-state index in [9.17, 15) is 13.2 Å². The van der Waals surface area contributed by atoms with Crippen molar-refractivity contribution in [2.45, 2.75) is 45.8 Å². The molecule has 0 fully saturated rings. The van der Waals surface area contributed by atoms with Gasteiger partial charge in [-0.3, -0.25) is 0 Å². The summed E-state index contributed by atoms with van der Waals surface area (Å²) in [7, 11) is 0. The van der Waals surface area contributed by atoms with Gasteiger partial charge in [0.25, 0.3) is 0 Å². The smallest absolute Gasteiger partial charge is 0.313 e. The van der Waals surface area contributed by atoms with Gasteiger partial charge in [-0.1, -0.05) is 20.3 Å². The predicted octanol–water partition coefficient (Wildman–Crippen LogP) is 3.10. The van der Waals surface area contributed by atoms with Crippen LogP contribution < -0.4 is 5.32 Å². The summed E-state index contributed by atoms with van der Waals surface area (Å²) in [6.45, 7) is 5.63. The first-order chi connectivity index (χ1) is 7.31. The fraction of sp³-hybridized carbons (Fsp3) is 0.909. The van der Waals surface area contributed by atoms with Gasteiger partial charge >= 0.3 is 6.18 Å². The van der Waals surface area contributed by atoms with Crippen LogP contribution in [0.2, 0.25) is 0 Å². The molecule has 0 aliphatic heterocycles. The standard InChI is InChI=1S/C11H19F3N2/c1-4-8(2)5-9(3)16-7-10(6-15)11(12,13)14/h8-10,16H,4-5,7H2,1-3H3. The Morgan fingerprint density at radius 2 is 1.88 bits per heavy atom. The summed E-state index contributed by atoms with van der Waals surface area (Å²) in [6, 6.07) is 1.28. The number of rotatable bonds is 6. The van der Waals surface area contributed by atoms with Crippen molar-refractivity contribution in [3.8, 4) is 6.07 Å². The van der Waals surface area contributed by atoms with Crippen molar-refractivity contribution in [1.29, 1.82) is 5.26 Å². The fourth-order valence-corrected chi connectivity index (χ4v) is 1.41. The van der Waals surface area contributed by atoms with Crippen LogP contribution in [0.4, 0.5) is 13.2 Å². The lowest BCUT2D eigenvalue weighted by molar-refractivity contribution is -0.157. The summed E-state index contributed by atoms with van der Waals surface area (Å²) in [5.41, 5.74) is 0. The Morgan fingerprint density at radius 1 is 1.31 bits per heavy atom. The number of nitriles is 1. The van der Waals surface area contributed by atoms with E-state index in [4.69, 9.17) is 5.26 Å². The minimum atomic E-state index is -4.43. The Hall–Kier alpha value is -0.760. The first kappa shape index (κ1) is 15.2. The third-order valence-corrected chi connectivity index (χ3v) is 2.67. The van der Waals surface area contributed by atoms with E-state index in [0.717, 1.165) is 12.8 Å². The molecule has 3 atom stereocenters. The van der Waals surface area contributed by atoms with Crippen LogP contribution in [0.15, 0.2) is 0 Å². The molecular weight excluding hydrogens is 217 g/mol. The van der Waals surface area contributed by atoms with Crippen molar-refractivity contribution < 1.29 is 13.2 Å². The molecule has 0 aromatic carbocycles. The molecule has 1 N–H and O–H groups in total. The predicted molar refractivity (Wildman–Crippen MR) is 56.7 cm³/mol. The van der Waals surface area contributed by atoms with Crippen LogP contribution in [0, 0.1) is 23.2 Å². The highest BCUT2D eigenvalue weighted by Crippen LogP contribution is 2.25. The van der Waals surface area contributed by atoms with Crippen LogP contribution in [0.25, 0.3) is 0 Å². The maximum absolute atomic E-state index is 12.2. The first-order valence-electron chi connectivity index (χ1n) is 5.50. The van der Waals surface area contributed by atoms with Gasteiger partial charge in [-0.25, -0.2) is 0 Å². The van der Waals surface area contributed by atoms with E-state index < -0.39 is 12.1 Å². The summed E-state index contributed by atoms with van der Waals surface area (Å²) in [4.78, 5) is 0. The van der Waals surface area contributed by atoms with Crippen LogP contribution in [0.5, 0.6) is 0 Å². The van der Waals surface area contributed by atoms with Crippen LogP contribution in [-0.4, -0.2) is 18.8 Å². The van der Waals surface area contributed by atoms with E-state index in [-0.39, 0.29) is 12.6 Å². The molecule has 2 nitrogen and oxygen atoms in total. The summed E-state index contributed by atoms with van der Waals surface area (Å²) in [5.74, 6) is -1.43. The molecule has 94 valence electrons. The van der Waals surface area contributed by atoms with Crippen molar-refractivity contribution in [3.63, 3.8) is 0 Å². The molecule has 0 saturated heterocycles. The van der Waals surface area contributed by atoms with Crippen LogP contribution in [0.3, 0.4) is 0 Å². The Bertz CT molecular complexity index is 232. The quantitative estimate of drug-likeness (QED) is 0.769. The van der Waals surface area contributed by atoms with Gasteiger partial charge in [0, 0.05) is 12.6 Å². The van der Waals surface area contributed by atoms with E-state index in [2.05, 4.69) is 12.2 Å². The average molecular weight is 236 g/mol. The monoisotopic (exact) mass is 236 g/mol. The van der Waals surface area contributed by atoms with E-state index in [0.29, 0.717) is 5.92 Å². The van der Waals surface area contributed by atoms with Gasteiger partial charge in [0.1, 0.15) is 0 Å². The van der Waals surface area contributed by atoms with Gasteiger partial charge in [0.2, 0.25) is 0 Å². The van der Waals surface area contributed by atoms with Gasteiger partial charge in [0.05, 0.1) is 6.07 Å². The van der Waals surface area contributed by atoms with Crippen LogP contribution in [-0.2, 0) is 0 Å². The Morgan fingerprint density at radius 3 is 2.25 bits per heavy atom. The fourth-order valence-electron chi connectivity index (χ4n) is 1.41. The van der Waals surface area contributed by atoms with E-state index in [1.54, 1.807) is 0 Å². The molecule has 0 radical (unpaired) electrons. The highest BCUT2D eigenvalue weighted by molar-refractivity contribution is 4.90. The van der Waals surface area contributed by atoms with E-state index in [1.165, 1.54) is 6.07 Å². The number of halogens is 3. The third-order valence-electron chi connectivity index (χ3n) is 2.67. The molecule has 0 spiro atoms. The second-order valence-corrected chi connectivity index (χ2v) is 4.28. The molecule has 0 saturated carbocycles. The molecule has 0 heterocycles. The molecule has 0 rings (SSSR count).